The van der Waals surface area contributed by atoms with E-state index in [1.54, 1.807) is 0 Å². The van der Waals surface area contributed by atoms with Crippen LogP contribution in [0.5, 0.6) is 0 Å². The van der Waals surface area contributed by atoms with Crippen LogP contribution in [-0.4, -0.2) is 22.5 Å². The lowest BCUT2D eigenvalue weighted by molar-refractivity contribution is -0.385. The van der Waals surface area contributed by atoms with E-state index in [0.29, 0.717) is 31.0 Å². The van der Waals surface area contributed by atoms with Gasteiger partial charge >= 0.3 is 5.97 Å². The smallest absolute Gasteiger partial charge is 0.306 e. The van der Waals surface area contributed by atoms with Gasteiger partial charge in [0.1, 0.15) is 5.82 Å². The number of nitrogens with zero attached hydrogens (tertiary/aromatic N) is 1. The normalized spacial score (nSPS) is 21.8. The summed E-state index contributed by atoms with van der Waals surface area (Å²) in [5.74, 6) is -1.36. The molecule has 1 saturated carbocycles. The molecule has 0 bridgehead atoms. The summed E-state index contributed by atoms with van der Waals surface area (Å²) >= 11 is 0. The van der Waals surface area contributed by atoms with Crippen molar-refractivity contribution in [2.24, 2.45) is 11.8 Å². The molecule has 1 aromatic carbocycles. The molecule has 1 aromatic rings. The number of hydrogen-bond donors (Lipinski definition) is 2. The van der Waals surface area contributed by atoms with Gasteiger partial charge in [0.05, 0.1) is 16.9 Å². The van der Waals surface area contributed by atoms with Gasteiger partial charge in [-0.15, -0.1) is 0 Å². The van der Waals surface area contributed by atoms with Gasteiger partial charge in [-0.2, -0.15) is 0 Å². The van der Waals surface area contributed by atoms with E-state index in [2.05, 4.69) is 5.32 Å². The van der Waals surface area contributed by atoms with Gasteiger partial charge in [-0.3, -0.25) is 14.9 Å². The van der Waals surface area contributed by atoms with Gasteiger partial charge in [0.2, 0.25) is 0 Å². The van der Waals surface area contributed by atoms with Crippen molar-refractivity contribution >= 4 is 17.3 Å². The van der Waals surface area contributed by atoms with Gasteiger partial charge in [0.25, 0.3) is 5.69 Å². The maximum atomic E-state index is 13.3. The number of non-ortho nitro benzene ring substituents is 1. The molecule has 6 nitrogen and oxygen atoms in total. The van der Waals surface area contributed by atoms with Crippen molar-refractivity contribution in [3.05, 3.63) is 34.1 Å². The standard InChI is InChI=1S/C14H17FN2O4/c15-11-5-12(7-13(6-11)17(20)21)16-8-9-1-3-10(4-2-9)14(18)19/h5-7,9-10,16H,1-4,8H2,(H,18,19). The molecule has 0 saturated heterocycles. The summed E-state index contributed by atoms with van der Waals surface area (Å²) < 4.78 is 13.3. The van der Waals surface area contributed by atoms with Crippen LogP contribution in [0, 0.1) is 27.8 Å². The van der Waals surface area contributed by atoms with Gasteiger partial charge in [0, 0.05) is 18.3 Å². The van der Waals surface area contributed by atoms with Gasteiger partial charge in [-0.1, -0.05) is 0 Å². The van der Waals surface area contributed by atoms with Crippen molar-refractivity contribution in [1.82, 2.24) is 0 Å². The fourth-order valence-corrected chi connectivity index (χ4v) is 2.66. The molecule has 0 spiro atoms. The van der Waals surface area contributed by atoms with Crippen LogP contribution in [0.4, 0.5) is 15.8 Å². The average Bonchev–Trinajstić information content (AvgIpc) is 2.45. The quantitative estimate of drug-likeness (QED) is 0.643. The number of halogens is 1. The lowest BCUT2D eigenvalue weighted by atomic mass is 9.82. The molecule has 0 heterocycles. The topological polar surface area (TPSA) is 92.5 Å². The Labute approximate surface area is 121 Å². The summed E-state index contributed by atoms with van der Waals surface area (Å²) in [7, 11) is 0. The zero-order valence-electron chi connectivity index (χ0n) is 11.4. The summed E-state index contributed by atoms with van der Waals surface area (Å²) in [6.07, 6.45) is 2.87. The minimum Gasteiger partial charge on any atom is -0.481 e. The Morgan fingerprint density at radius 3 is 2.57 bits per heavy atom. The number of carboxylic acid groups (broad SMARTS) is 1. The summed E-state index contributed by atoms with van der Waals surface area (Å²) in [5, 5.41) is 22.6. The number of rotatable bonds is 5. The van der Waals surface area contributed by atoms with E-state index in [1.165, 1.54) is 12.1 Å². The second-order valence-corrected chi connectivity index (χ2v) is 5.39. The molecule has 2 rings (SSSR count). The second-order valence-electron chi connectivity index (χ2n) is 5.39. The van der Waals surface area contributed by atoms with Crippen LogP contribution < -0.4 is 5.32 Å². The largest absolute Gasteiger partial charge is 0.481 e. The van der Waals surface area contributed by atoms with Gasteiger partial charge in [-0.05, 0) is 37.7 Å². The monoisotopic (exact) mass is 296 g/mol. The minimum absolute atomic E-state index is 0.267. The van der Waals surface area contributed by atoms with Crippen LogP contribution in [-0.2, 0) is 4.79 Å². The van der Waals surface area contributed by atoms with Gasteiger partial charge in [-0.25, -0.2) is 4.39 Å². The third kappa shape index (κ3) is 4.14. The van der Waals surface area contributed by atoms with Crippen molar-refractivity contribution in [3.8, 4) is 0 Å². The van der Waals surface area contributed by atoms with Crippen LogP contribution in [0.15, 0.2) is 18.2 Å². The van der Waals surface area contributed by atoms with E-state index >= 15 is 0 Å². The number of benzene rings is 1. The molecule has 114 valence electrons. The Balaban J connectivity index is 1.89. The number of aliphatic carboxylic acids is 1. The van der Waals surface area contributed by atoms with E-state index in [4.69, 9.17) is 5.11 Å². The lowest BCUT2D eigenvalue weighted by Gasteiger charge is -2.26. The molecule has 0 unspecified atom stereocenters. The molecule has 1 aliphatic carbocycles. The minimum atomic E-state index is -0.748. The first-order valence-corrected chi connectivity index (χ1v) is 6.87. The Morgan fingerprint density at radius 1 is 1.33 bits per heavy atom. The van der Waals surface area contributed by atoms with Crippen molar-refractivity contribution in [1.29, 1.82) is 0 Å². The second kappa shape index (κ2) is 6.51. The number of nitro benzene ring substituents is 1. The van der Waals surface area contributed by atoms with Crippen molar-refractivity contribution in [3.63, 3.8) is 0 Å². The molecule has 7 heteroatoms. The maximum absolute atomic E-state index is 13.3. The highest BCUT2D eigenvalue weighted by Gasteiger charge is 2.25. The van der Waals surface area contributed by atoms with E-state index < -0.39 is 16.7 Å². The van der Waals surface area contributed by atoms with Crippen LogP contribution in [0.2, 0.25) is 0 Å². The first-order chi connectivity index (χ1) is 9.95. The van der Waals surface area contributed by atoms with Gasteiger partial charge < -0.3 is 10.4 Å². The van der Waals surface area contributed by atoms with E-state index in [0.717, 1.165) is 18.9 Å². The molecule has 1 aliphatic rings. The number of carboxylic acids is 1. The van der Waals surface area contributed by atoms with Crippen LogP contribution in [0.3, 0.4) is 0 Å². The van der Waals surface area contributed by atoms with Crippen molar-refractivity contribution < 1.29 is 19.2 Å². The van der Waals surface area contributed by atoms with Crippen LogP contribution >= 0.6 is 0 Å². The summed E-state index contributed by atoms with van der Waals surface area (Å²) in [4.78, 5) is 20.9. The number of hydrogen-bond acceptors (Lipinski definition) is 4. The number of carbonyl (C=O) groups is 1. The summed E-state index contributed by atoms with van der Waals surface area (Å²) in [6, 6.07) is 3.39. The number of nitrogens with one attached hydrogen (secondary N) is 1. The van der Waals surface area contributed by atoms with Crippen molar-refractivity contribution in [2.75, 3.05) is 11.9 Å². The van der Waals surface area contributed by atoms with Crippen LogP contribution in [0.25, 0.3) is 0 Å². The third-order valence-corrected chi connectivity index (χ3v) is 3.88. The number of anilines is 1. The predicted molar refractivity (Wildman–Crippen MR) is 74.6 cm³/mol. The lowest BCUT2D eigenvalue weighted by Crippen LogP contribution is -2.25. The molecular formula is C14H17FN2O4. The fourth-order valence-electron chi connectivity index (χ4n) is 2.66. The first kappa shape index (κ1) is 15.2. The van der Waals surface area contributed by atoms with Gasteiger partial charge in [0.15, 0.2) is 0 Å². The fraction of sp³-hybridized carbons (Fsp3) is 0.500. The predicted octanol–water partition coefficient (Wildman–Crippen LogP) is 3.04. The average molecular weight is 296 g/mol. The zero-order valence-corrected chi connectivity index (χ0v) is 11.4. The highest BCUT2D eigenvalue weighted by molar-refractivity contribution is 5.70. The Kier molecular flexibility index (Phi) is 4.72. The molecular weight excluding hydrogens is 279 g/mol. The summed E-state index contributed by atoms with van der Waals surface area (Å²) in [5.41, 5.74) is 0.0918. The molecule has 0 aliphatic heterocycles. The molecule has 2 N–H and O–H groups in total. The molecule has 0 aromatic heterocycles. The van der Waals surface area contributed by atoms with E-state index in [1.807, 2.05) is 0 Å². The molecule has 0 atom stereocenters. The number of nitro groups is 1. The Bertz CT molecular complexity index is 542. The molecule has 0 amide bonds. The Morgan fingerprint density at radius 2 is 2.00 bits per heavy atom. The molecule has 0 radical (unpaired) electrons. The van der Waals surface area contributed by atoms with Crippen molar-refractivity contribution in [2.45, 2.75) is 25.7 Å². The Hall–Kier alpha value is -2.18. The highest BCUT2D eigenvalue weighted by Crippen LogP contribution is 2.29. The van der Waals surface area contributed by atoms with E-state index in [9.17, 15) is 19.3 Å². The van der Waals surface area contributed by atoms with E-state index in [-0.39, 0.29) is 11.6 Å². The zero-order chi connectivity index (χ0) is 15.4. The first-order valence-electron chi connectivity index (χ1n) is 6.87. The maximum Gasteiger partial charge on any atom is 0.306 e. The highest BCUT2D eigenvalue weighted by atomic mass is 19.1. The molecule has 21 heavy (non-hydrogen) atoms. The summed E-state index contributed by atoms with van der Waals surface area (Å²) in [6.45, 7) is 0.562. The van der Waals surface area contributed by atoms with Crippen LogP contribution in [0.1, 0.15) is 25.7 Å². The SMILES string of the molecule is O=C(O)C1CCC(CNc2cc(F)cc([N+](=O)[O-])c2)CC1. The molecule has 1 fully saturated rings. The third-order valence-electron chi connectivity index (χ3n) is 3.88.